The van der Waals surface area contributed by atoms with Crippen molar-refractivity contribution in [2.75, 3.05) is 33.4 Å². The molecule has 0 radical (unpaired) electrons. The Morgan fingerprint density at radius 1 is 1.48 bits per heavy atom. The van der Waals surface area contributed by atoms with E-state index in [0.717, 1.165) is 28.6 Å². The molecule has 21 heavy (non-hydrogen) atoms. The Balaban J connectivity index is 2.00. The molecule has 1 aromatic rings. The summed E-state index contributed by atoms with van der Waals surface area (Å²) in [6.45, 7) is 1.94. The van der Waals surface area contributed by atoms with Crippen molar-refractivity contribution in [1.29, 1.82) is 0 Å². The Morgan fingerprint density at radius 2 is 2.19 bits per heavy atom. The van der Waals surface area contributed by atoms with Gasteiger partial charge >= 0.3 is 0 Å². The lowest BCUT2D eigenvalue weighted by molar-refractivity contribution is 0.365. The summed E-state index contributed by atoms with van der Waals surface area (Å²) in [4.78, 5) is 2.20. The summed E-state index contributed by atoms with van der Waals surface area (Å²) >= 11 is 5.79. The first kappa shape index (κ1) is 17.3. The molecule has 0 aromatic carbocycles. The van der Waals surface area contributed by atoms with Gasteiger partial charge in [-0.1, -0.05) is 12.8 Å². The zero-order valence-electron chi connectivity index (χ0n) is 13.3. The molecule has 1 aliphatic carbocycles. The van der Waals surface area contributed by atoms with E-state index in [0.29, 0.717) is 6.04 Å². The molecule has 4 nitrogen and oxygen atoms in total. The van der Waals surface area contributed by atoms with E-state index in [-0.39, 0.29) is 0 Å². The fourth-order valence-electron chi connectivity index (χ4n) is 2.78. The predicted molar refractivity (Wildman–Crippen MR) is 95.0 cm³/mol. The highest BCUT2D eigenvalue weighted by atomic mass is 79.9. The number of rotatable bonds is 8. The fraction of sp³-hybridized carbons (Fsp3) is 0.800. The molecule has 1 fully saturated rings. The highest BCUT2D eigenvalue weighted by Gasteiger charge is 2.22. The standard InChI is InChI=1S/C15H27BrN4S/c1-17-14(11-21-12-6-4-5-7-12)15-13(16)10-18-20(15)9-8-19(2)3/h10,12,14,17H,4-9,11H2,1-3H3. The summed E-state index contributed by atoms with van der Waals surface area (Å²) in [7, 11) is 6.25. The van der Waals surface area contributed by atoms with Gasteiger partial charge in [0.2, 0.25) is 0 Å². The van der Waals surface area contributed by atoms with E-state index in [4.69, 9.17) is 0 Å². The largest absolute Gasteiger partial charge is 0.311 e. The molecule has 0 spiro atoms. The average molecular weight is 375 g/mol. The molecule has 1 heterocycles. The molecule has 1 aromatic heterocycles. The Bertz CT molecular complexity index is 429. The van der Waals surface area contributed by atoms with Crippen LogP contribution >= 0.6 is 27.7 Å². The number of nitrogens with zero attached hydrogens (tertiary/aromatic N) is 3. The first-order valence-electron chi connectivity index (χ1n) is 7.76. The van der Waals surface area contributed by atoms with Gasteiger partial charge in [-0.2, -0.15) is 16.9 Å². The van der Waals surface area contributed by atoms with Crippen LogP contribution < -0.4 is 5.32 Å². The van der Waals surface area contributed by atoms with Crippen LogP contribution in [0.3, 0.4) is 0 Å². The van der Waals surface area contributed by atoms with Gasteiger partial charge in [0.05, 0.1) is 29.0 Å². The third-order valence-electron chi connectivity index (χ3n) is 4.07. The number of hydrogen-bond donors (Lipinski definition) is 1. The smallest absolute Gasteiger partial charge is 0.0704 e. The number of thioether (sulfide) groups is 1. The van der Waals surface area contributed by atoms with Gasteiger partial charge in [-0.05, 0) is 49.9 Å². The maximum atomic E-state index is 4.53. The Labute approximate surface area is 141 Å². The molecule has 1 aliphatic rings. The predicted octanol–water partition coefficient (Wildman–Crippen LogP) is 3.14. The molecule has 0 amide bonds. The molecule has 0 bridgehead atoms. The lowest BCUT2D eigenvalue weighted by Crippen LogP contribution is -2.26. The fourth-order valence-corrected chi connectivity index (χ4v) is 4.81. The van der Waals surface area contributed by atoms with Gasteiger partial charge in [-0.15, -0.1) is 0 Å². The van der Waals surface area contributed by atoms with Crippen molar-refractivity contribution >= 4 is 27.7 Å². The first-order valence-corrected chi connectivity index (χ1v) is 9.60. The van der Waals surface area contributed by atoms with Gasteiger partial charge < -0.3 is 10.2 Å². The monoisotopic (exact) mass is 374 g/mol. The van der Waals surface area contributed by atoms with Crippen molar-refractivity contribution in [3.05, 3.63) is 16.4 Å². The van der Waals surface area contributed by atoms with E-state index >= 15 is 0 Å². The first-order chi connectivity index (χ1) is 10.1. The Morgan fingerprint density at radius 3 is 2.81 bits per heavy atom. The summed E-state index contributed by atoms with van der Waals surface area (Å²) in [5.41, 5.74) is 1.28. The molecule has 2 rings (SSSR count). The van der Waals surface area contributed by atoms with Gasteiger partial charge in [0.15, 0.2) is 0 Å². The van der Waals surface area contributed by atoms with Crippen LogP contribution in [0.4, 0.5) is 0 Å². The third-order valence-corrected chi connectivity index (χ3v) is 6.15. The minimum atomic E-state index is 0.356. The lowest BCUT2D eigenvalue weighted by atomic mass is 10.2. The molecule has 1 atom stereocenters. The van der Waals surface area contributed by atoms with Crippen LogP contribution in [0.2, 0.25) is 0 Å². The van der Waals surface area contributed by atoms with E-state index in [9.17, 15) is 0 Å². The number of halogens is 1. The number of aromatic nitrogens is 2. The normalized spacial score (nSPS) is 17.8. The minimum Gasteiger partial charge on any atom is -0.311 e. The van der Waals surface area contributed by atoms with Crippen LogP contribution in [0.15, 0.2) is 10.7 Å². The molecule has 120 valence electrons. The number of likely N-dealkylation sites (N-methyl/N-ethyl adjacent to an activating group) is 1. The van der Waals surface area contributed by atoms with Crippen LogP contribution in [-0.2, 0) is 6.54 Å². The maximum Gasteiger partial charge on any atom is 0.0704 e. The van der Waals surface area contributed by atoms with Crippen molar-refractivity contribution in [1.82, 2.24) is 20.0 Å². The summed E-state index contributed by atoms with van der Waals surface area (Å²) in [6.07, 6.45) is 7.53. The molecule has 0 saturated heterocycles. The van der Waals surface area contributed by atoms with Crippen molar-refractivity contribution < 1.29 is 0 Å². The van der Waals surface area contributed by atoms with E-state index in [1.807, 2.05) is 6.20 Å². The molecule has 1 saturated carbocycles. The van der Waals surface area contributed by atoms with E-state index in [1.54, 1.807) is 0 Å². The highest BCUT2D eigenvalue weighted by molar-refractivity contribution is 9.10. The van der Waals surface area contributed by atoms with Gasteiger partial charge in [-0.3, -0.25) is 4.68 Å². The summed E-state index contributed by atoms with van der Waals surface area (Å²) in [5, 5.41) is 8.86. The Kier molecular flexibility index (Phi) is 7.05. The van der Waals surface area contributed by atoms with Crippen LogP contribution in [0.1, 0.15) is 37.4 Å². The second kappa shape index (κ2) is 8.56. The SMILES string of the molecule is CNC(CSC1CCCC1)c1c(Br)cnn1CCN(C)C. The van der Waals surface area contributed by atoms with Crippen molar-refractivity contribution in [3.63, 3.8) is 0 Å². The second-order valence-electron chi connectivity index (χ2n) is 5.99. The summed E-state index contributed by atoms with van der Waals surface area (Å²) in [5.74, 6) is 1.12. The lowest BCUT2D eigenvalue weighted by Gasteiger charge is -2.21. The average Bonchev–Trinajstić information content (AvgIpc) is 3.08. The topological polar surface area (TPSA) is 33.1 Å². The summed E-state index contributed by atoms with van der Waals surface area (Å²) < 4.78 is 3.26. The second-order valence-corrected chi connectivity index (χ2v) is 8.17. The van der Waals surface area contributed by atoms with Crippen LogP contribution in [-0.4, -0.2) is 53.4 Å². The van der Waals surface area contributed by atoms with Gasteiger partial charge in [-0.25, -0.2) is 0 Å². The molecule has 6 heteroatoms. The highest BCUT2D eigenvalue weighted by Crippen LogP contribution is 2.33. The molecule has 1 N–H and O–H groups in total. The van der Waals surface area contributed by atoms with Gasteiger partial charge in [0.1, 0.15) is 0 Å². The van der Waals surface area contributed by atoms with E-state index in [2.05, 4.69) is 68.8 Å². The Hall–Kier alpha value is -0.0400. The van der Waals surface area contributed by atoms with Crippen molar-refractivity contribution in [2.24, 2.45) is 0 Å². The van der Waals surface area contributed by atoms with E-state index < -0.39 is 0 Å². The quantitative estimate of drug-likeness (QED) is 0.757. The maximum absolute atomic E-state index is 4.53. The summed E-state index contributed by atoms with van der Waals surface area (Å²) in [6, 6.07) is 0.356. The van der Waals surface area contributed by atoms with Crippen LogP contribution in [0, 0.1) is 0 Å². The van der Waals surface area contributed by atoms with E-state index in [1.165, 1.54) is 31.4 Å². The third kappa shape index (κ3) is 4.98. The van der Waals surface area contributed by atoms with Crippen LogP contribution in [0.5, 0.6) is 0 Å². The van der Waals surface area contributed by atoms with Gasteiger partial charge in [0.25, 0.3) is 0 Å². The molecular weight excluding hydrogens is 348 g/mol. The van der Waals surface area contributed by atoms with Crippen LogP contribution in [0.25, 0.3) is 0 Å². The number of hydrogen-bond acceptors (Lipinski definition) is 4. The molecule has 1 unspecified atom stereocenters. The zero-order chi connectivity index (χ0) is 15.2. The van der Waals surface area contributed by atoms with Crippen molar-refractivity contribution in [2.45, 2.75) is 43.5 Å². The number of nitrogens with one attached hydrogen (secondary N) is 1. The van der Waals surface area contributed by atoms with Crippen molar-refractivity contribution in [3.8, 4) is 0 Å². The molecule has 0 aliphatic heterocycles. The minimum absolute atomic E-state index is 0.356. The zero-order valence-corrected chi connectivity index (χ0v) is 15.7. The van der Waals surface area contributed by atoms with Gasteiger partial charge in [0, 0.05) is 17.5 Å². The molecular formula is C15H27BrN4S.